The van der Waals surface area contributed by atoms with Crippen molar-refractivity contribution in [3.8, 4) is 0 Å². The van der Waals surface area contributed by atoms with E-state index in [9.17, 15) is 0 Å². The van der Waals surface area contributed by atoms with Gasteiger partial charge < -0.3 is 16.2 Å². The molecule has 0 aliphatic rings. The van der Waals surface area contributed by atoms with Crippen LogP contribution in [0.2, 0.25) is 0 Å². The second kappa shape index (κ2) is 5.69. The minimum Gasteiger partial charge on any atom is -0.380 e. The summed E-state index contributed by atoms with van der Waals surface area (Å²) in [4.78, 5) is 0. The van der Waals surface area contributed by atoms with Crippen molar-refractivity contribution < 1.29 is 4.74 Å². The summed E-state index contributed by atoms with van der Waals surface area (Å²) in [5.74, 6) is 0. The predicted octanol–water partition coefficient (Wildman–Crippen LogP) is 1.36. The zero-order valence-corrected chi connectivity index (χ0v) is 10.1. The highest BCUT2D eigenvalue weighted by Gasteiger charge is 2.22. The summed E-state index contributed by atoms with van der Waals surface area (Å²) in [6, 6.07) is 0. The molecule has 0 radical (unpaired) electrons. The molecule has 0 fully saturated rings. The molecule has 1 atom stereocenters. The maximum absolute atomic E-state index is 5.70. The molecule has 1 unspecified atom stereocenters. The van der Waals surface area contributed by atoms with E-state index in [-0.39, 0.29) is 10.8 Å². The highest BCUT2D eigenvalue weighted by molar-refractivity contribution is 4.74. The van der Waals surface area contributed by atoms with Gasteiger partial charge in [-0.1, -0.05) is 27.7 Å². The van der Waals surface area contributed by atoms with Gasteiger partial charge in [-0.25, -0.2) is 0 Å². The van der Waals surface area contributed by atoms with Crippen molar-refractivity contribution in [1.82, 2.24) is 0 Å². The van der Waals surface area contributed by atoms with Gasteiger partial charge in [0.05, 0.1) is 13.2 Å². The third kappa shape index (κ3) is 4.94. The summed E-state index contributed by atoms with van der Waals surface area (Å²) in [6.07, 6.45) is 1.05. The molecule has 86 valence electrons. The van der Waals surface area contributed by atoms with Crippen LogP contribution < -0.4 is 11.5 Å². The largest absolute Gasteiger partial charge is 0.380 e. The van der Waals surface area contributed by atoms with Crippen molar-refractivity contribution in [2.24, 2.45) is 22.3 Å². The first-order valence-corrected chi connectivity index (χ1v) is 5.37. The van der Waals surface area contributed by atoms with Crippen molar-refractivity contribution >= 4 is 0 Å². The first-order chi connectivity index (χ1) is 6.39. The molecular formula is C11H26N2O. The molecule has 4 N–H and O–H groups in total. The van der Waals surface area contributed by atoms with Crippen LogP contribution in [0.3, 0.4) is 0 Å². The average Bonchev–Trinajstić information content (AvgIpc) is 2.17. The van der Waals surface area contributed by atoms with Crippen LogP contribution in [0.4, 0.5) is 0 Å². The number of hydrogen-bond acceptors (Lipinski definition) is 3. The SMILES string of the molecule is CCC(C)(CN)COCC(C)(C)CN. The van der Waals surface area contributed by atoms with Gasteiger partial charge in [0.2, 0.25) is 0 Å². The van der Waals surface area contributed by atoms with E-state index in [0.29, 0.717) is 19.7 Å². The molecule has 3 heteroatoms. The van der Waals surface area contributed by atoms with Crippen molar-refractivity contribution in [1.29, 1.82) is 0 Å². The van der Waals surface area contributed by atoms with Gasteiger partial charge in [-0.3, -0.25) is 0 Å². The van der Waals surface area contributed by atoms with Gasteiger partial charge in [0, 0.05) is 10.8 Å². The van der Waals surface area contributed by atoms with Crippen LogP contribution in [-0.4, -0.2) is 26.3 Å². The summed E-state index contributed by atoms with van der Waals surface area (Å²) in [5, 5.41) is 0. The van der Waals surface area contributed by atoms with Crippen molar-refractivity contribution in [2.75, 3.05) is 26.3 Å². The monoisotopic (exact) mass is 202 g/mol. The van der Waals surface area contributed by atoms with E-state index in [0.717, 1.165) is 13.0 Å². The Hall–Kier alpha value is -0.120. The molecule has 0 aromatic rings. The van der Waals surface area contributed by atoms with Crippen LogP contribution in [0.25, 0.3) is 0 Å². The first-order valence-electron chi connectivity index (χ1n) is 5.37. The molecular weight excluding hydrogens is 176 g/mol. The van der Waals surface area contributed by atoms with Crippen LogP contribution in [0.1, 0.15) is 34.1 Å². The molecule has 0 amide bonds. The molecule has 0 saturated carbocycles. The Labute approximate surface area is 88.2 Å². The topological polar surface area (TPSA) is 61.3 Å². The van der Waals surface area contributed by atoms with Gasteiger partial charge in [-0.05, 0) is 19.5 Å². The Morgan fingerprint density at radius 3 is 1.93 bits per heavy atom. The van der Waals surface area contributed by atoms with Gasteiger partial charge in [0.15, 0.2) is 0 Å². The Kier molecular flexibility index (Phi) is 5.64. The zero-order chi connectivity index (χ0) is 11.2. The third-order valence-corrected chi connectivity index (χ3v) is 2.84. The second-order valence-electron chi connectivity index (χ2n) is 5.23. The summed E-state index contributed by atoms with van der Waals surface area (Å²) < 4.78 is 5.68. The Bertz CT molecular complexity index is 153. The standard InChI is InChI=1S/C11H26N2O/c1-5-11(4,7-13)9-14-8-10(2,3)6-12/h5-9,12-13H2,1-4H3. The fourth-order valence-corrected chi connectivity index (χ4v) is 0.938. The lowest BCUT2D eigenvalue weighted by Gasteiger charge is -2.29. The van der Waals surface area contributed by atoms with E-state index in [1.165, 1.54) is 0 Å². The lowest BCUT2D eigenvalue weighted by molar-refractivity contribution is 0.0133. The minimum absolute atomic E-state index is 0.0727. The molecule has 0 heterocycles. The highest BCUT2D eigenvalue weighted by atomic mass is 16.5. The van der Waals surface area contributed by atoms with E-state index < -0.39 is 0 Å². The smallest absolute Gasteiger partial charge is 0.0532 e. The van der Waals surface area contributed by atoms with Gasteiger partial charge in [0.1, 0.15) is 0 Å². The molecule has 0 rings (SSSR count). The third-order valence-electron chi connectivity index (χ3n) is 2.84. The van der Waals surface area contributed by atoms with Crippen molar-refractivity contribution in [3.63, 3.8) is 0 Å². The van der Waals surface area contributed by atoms with Crippen LogP contribution in [0, 0.1) is 10.8 Å². The van der Waals surface area contributed by atoms with Gasteiger partial charge >= 0.3 is 0 Å². The normalized spacial score (nSPS) is 16.7. The predicted molar refractivity (Wildman–Crippen MR) is 61.1 cm³/mol. The molecule has 0 saturated heterocycles. The first kappa shape index (κ1) is 13.9. The number of nitrogens with two attached hydrogens (primary N) is 2. The van der Waals surface area contributed by atoms with Crippen LogP contribution in [-0.2, 0) is 4.74 Å². The Balaban J connectivity index is 3.83. The fraction of sp³-hybridized carbons (Fsp3) is 1.00. The Morgan fingerprint density at radius 1 is 1.00 bits per heavy atom. The highest BCUT2D eigenvalue weighted by Crippen LogP contribution is 2.21. The van der Waals surface area contributed by atoms with Crippen molar-refractivity contribution in [2.45, 2.75) is 34.1 Å². The van der Waals surface area contributed by atoms with Crippen LogP contribution >= 0.6 is 0 Å². The maximum Gasteiger partial charge on any atom is 0.0532 e. The number of rotatable bonds is 7. The van der Waals surface area contributed by atoms with E-state index in [4.69, 9.17) is 16.2 Å². The minimum atomic E-state index is 0.0727. The lowest BCUT2D eigenvalue weighted by atomic mass is 9.88. The van der Waals surface area contributed by atoms with E-state index >= 15 is 0 Å². The quantitative estimate of drug-likeness (QED) is 0.655. The average molecular weight is 202 g/mol. The number of hydrogen-bond donors (Lipinski definition) is 2. The Morgan fingerprint density at radius 2 is 1.57 bits per heavy atom. The van der Waals surface area contributed by atoms with Gasteiger partial charge in [0.25, 0.3) is 0 Å². The lowest BCUT2D eigenvalue weighted by Crippen LogP contribution is -2.35. The molecule has 0 aliphatic carbocycles. The molecule has 0 aromatic carbocycles. The van der Waals surface area contributed by atoms with Crippen LogP contribution in [0.5, 0.6) is 0 Å². The van der Waals surface area contributed by atoms with Gasteiger partial charge in [-0.15, -0.1) is 0 Å². The molecule has 0 spiro atoms. The van der Waals surface area contributed by atoms with Crippen LogP contribution in [0.15, 0.2) is 0 Å². The molecule has 0 bridgehead atoms. The summed E-state index contributed by atoms with van der Waals surface area (Å²) in [6.45, 7) is 11.3. The summed E-state index contributed by atoms with van der Waals surface area (Å²) >= 11 is 0. The second-order valence-corrected chi connectivity index (χ2v) is 5.23. The van der Waals surface area contributed by atoms with E-state index in [2.05, 4.69) is 27.7 Å². The summed E-state index contributed by atoms with van der Waals surface area (Å²) in [7, 11) is 0. The van der Waals surface area contributed by atoms with E-state index in [1.54, 1.807) is 0 Å². The molecule has 0 aliphatic heterocycles. The maximum atomic E-state index is 5.70. The fourth-order valence-electron chi connectivity index (χ4n) is 0.938. The molecule has 14 heavy (non-hydrogen) atoms. The van der Waals surface area contributed by atoms with E-state index in [1.807, 2.05) is 0 Å². The zero-order valence-electron chi connectivity index (χ0n) is 10.1. The van der Waals surface area contributed by atoms with Crippen molar-refractivity contribution in [3.05, 3.63) is 0 Å². The number of ether oxygens (including phenoxy) is 1. The molecule has 3 nitrogen and oxygen atoms in total. The summed E-state index contributed by atoms with van der Waals surface area (Å²) in [5.41, 5.74) is 11.5. The molecule has 0 aromatic heterocycles. The van der Waals surface area contributed by atoms with Gasteiger partial charge in [-0.2, -0.15) is 0 Å².